The normalized spacial score (nSPS) is 12.1. The Balaban J connectivity index is 1.51. The first-order valence-electron chi connectivity index (χ1n) is 11.0. The third-order valence-electron chi connectivity index (χ3n) is 5.41. The molecule has 0 fully saturated rings. The largest absolute Gasteiger partial charge is 0.394 e. The average molecular weight is 473 g/mol. The van der Waals surface area contributed by atoms with E-state index in [4.69, 9.17) is 4.52 Å². The Morgan fingerprint density at radius 1 is 1.14 bits per heavy atom. The van der Waals surface area contributed by atoms with Crippen LogP contribution >= 0.6 is 0 Å². The molecular formula is C23H23N9O3. The molecule has 0 bridgehead atoms. The van der Waals surface area contributed by atoms with E-state index in [9.17, 15) is 9.90 Å². The van der Waals surface area contributed by atoms with Crippen molar-refractivity contribution in [3.8, 4) is 11.5 Å². The Labute approximate surface area is 199 Å². The molecule has 0 amide bonds. The molecule has 0 radical (unpaired) electrons. The van der Waals surface area contributed by atoms with Crippen LogP contribution in [-0.2, 0) is 6.54 Å². The molecule has 4 N–H and O–H groups in total. The fourth-order valence-electron chi connectivity index (χ4n) is 3.68. The highest BCUT2D eigenvalue weighted by Crippen LogP contribution is 2.29. The molecule has 12 nitrogen and oxygen atoms in total. The molecule has 0 saturated heterocycles. The highest BCUT2D eigenvalue weighted by Gasteiger charge is 2.19. The molecule has 0 aliphatic rings. The Hall–Kier alpha value is -4.58. The van der Waals surface area contributed by atoms with Crippen LogP contribution in [0.4, 0.5) is 17.6 Å². The summed E-state index contributed by atoms with van der Waals surface area (Å²) in [6.45, 7) is 4.04. The van der Waals surface area contributed by atoms with Gasteiger partial charge in [-0.2, -0.15) is 9.97 Å². The number of pyridine rings is 1. The lowest BCUT2D eigenvalue weighted by Crippen LogP contribution is -2.17. The number of rotatable bonds is 8. The Kier molecular flexibility index (Phi) is 5.94. The summed E-state index contributed by atoms with van der Waals surface area (Å²) in [6.07, 6.45) is 1.56. The van der Waals surface area contributed by atoms with E-state index in [0.29, 0.717) is 40.6 Å². The fourth-order valence-corrected chi connectivity index (χ4v) is 3.68. The van der Waals surface area contributed by atoms with E-state index in [1.54, 1.807) is 29.9 Å². The molecule has 4 heterocycles. The second-order valence-electron chi connectivity index (χ2n) is 7.77. The van der Waals surface area contributed by atoms with Gasteiger partial charge in [0, 0.05) is 12.7 Å². The van der Waals surface area contributed by atoms with Gasteiger partial charge in [0.05, 0.1) is 18.0 Å². The van der Waals surface area contributed by atoms with Gasteiger partial charge in [-0.05, 0) is 31.5 Å². The maximum Gasteiger partial charge on any atom is 0.273 e. The summed E-state index contributed by atoms with van der Waals surface area (Å²) >= 11 is 0. The molecule has 0 unspecified atom stereocenters. The van der Waals surface area contributed by atoms with Crippen molar-refractivity contribution in [3.63, 3.8) is 0 Å². The van der Waals surface area contributed by atoms with Crippen LogP contribution in [0.2, 0.25) is 0 Å². The third-order valence-corrected chi connectivity index (χ3v) is 5.41. The van der Waals surface area contributed by atoms with Gasteiger partial charge in [0.1, 0.15) is 17.2 Å². The summed E-state index contributed by atoms with van der Waals surface area (Å²) in [5.41, 5.74) is 1.70. The minimum Gasteiger partial charge on any atom is -0.394 e. The number of nitrogens with zero attached hydrogens (tertiary/aromatic N) is 6. The number of aliphatic hydroxyl groups is 1. The second kappa shape index (κ2) is 9.35. The zero-order chi connectivity index (χ0) is 24.4. The minimum absolute atomic E-state index is 0.167. The number of aliphatic hydroxyl groups excluding tert-OH is 1. The van der Waals surface area contributed by atoms with Gasteiger partial charge in [-0.25, -0.2) is 9.97 Å². The number of hydrogen-bond acceptors (Lipinski definition) is 10. The lowest BCUT2D eigenvalue weighted by Gasteiger charge is -2.19. The van der Waals surface area contributed by atoms with Crippen molar-refractivity contribution in [1.82, 2.24) is 34.9 Å². The molecule has 5 aromatic rings. The molecule has 178 valence electrons. The lowest BCUT2D eigenvalue weighted by atomic mass is 10.1. The zero-order valence-electron chi connectivity index (χ0n) is 19.1. The van der Waals surface area contributed by atoms with E-state index in [1.165, 1.54) is 0 Å². The van der Waals surface area contributed by atoms with E-state index < -0.39 is 6.04 Å². The molecule has 5 rings (SSSR count). The minimum atomic E-state index is -0.435. The van der Waals surface area contributed by atoms with Crippen molar-refractivity contribution < 1.29 is 9.63 Å². The quantitative estimate of drug-likeness (QED) is 0.264. The van der Waals surface area contributed by atoms with Gasteiger partial charge in [-0.15, -0.1) is 0 Å². The van der Waals surface area contributed by atoms with Crippen molar-refractivity contribution >= 4 is 28.6 Å². The summed E-state index contributed by atoms with van der Waals surface area (Å²) in [5.74, 6) is 1.83. The zero-order valence-corrected chi connectivity index (χ0v) is 19.1. The molecule has 35 heavy (non-hydrogen) atoms. The third kappa shape index (κ3) is 4.46. The average Bonchev–Trinajstić information content (AvgIpc) is 3.45. The van der Waals surface area contributed by atoms with Crippen LogP contribution in [0.15, 0.2) is 58.0 Å². The van der Waals surface area contributed by atoms with Gasteiger partial charge in [0.25, 0.3) is 11.4 Å². The number of fused-ring (bicyclic) bond motifs is 1. The second-order valence-corrected chi connectivity index (χ2v) is 7.77. The summed E-state index contributed by atoms with van der Waals surface area (Å²) < 4.78 is 7.00. The van der Waals surface area contributed by atoms with E-state index in [0.717, 1.165) is 5.56 Å². The molecule has 4 aromatic heterocycles. The topological polar surface area (TPSA) is 160 Å². The number of nitrogens with one attached hydrogen (secondary N) is 3. The molecule has 1 atom stereocenters. The Morgan fingerprint density at radius 2 is 1.97 bits per heavy atom. The molecule has 0 saturated carbocycles. The molecular weight excluding hydrogens is 450 g/mol. The van der Waals surface area contributed by atoms with Crippen LogP contribution < -0.4 is 16.2 Å². The number of aromatic nitrogens is 7. The fraction of sp³-hybridized carbons (Fsp3) is 0.217. The summed E-state index contributed by atoms with van der Waals surface area (Å²) in [6, 6.07) is 12.5. The SMILES string of the molecule is CCn1[nH]c(=O)c2ccc(Nc3ncc(-c4nc(C)no4)c(N[C@H](CO)c4ccccc4)n3)nc21. The van der Waals surface area contributed by atoms with Crippen molar-refractivity contribution in [1.29, 1.82) is 0 Å². The molecule has 0 spiro atoms. The predicted octanol–water partition coefficient (Wildman–Crippen LogP) is 2.78. The first-order chi connectivity index (χ1) is 17.1. The van der Waals surface area contributed by atoms with Gasteiger partial charge in [0.2, 0.25) is 5.95 Å². The van der Waals surface area contributed by atoms with E-state index in [1.807, 2.05) is 37.3 Å². The molecule has 0 aliphatic carbocycles. The van der Waals surface area contributed by atoms with Crippen molar-refractivity contribution in [3.05, 3.63) is 70.4 Å². The Morgan fingerprint density at radius 3 is 2.69 bits per heavy atom. The van der Waals surface area contributed by atoms with Crippen LogP contribution in [0.1, 0.15) is 24.4 Å². The summed E-state index contributed by atoms with van der Waals surface area (Å²) in [7, 11) is 0. The molecule has 1 aromatic carbocycles. The lowest BCUT2D eigenvalue weighted by molar-refractivity contribution is 0.276. The Bertz CT molecular complexity index is 1520. The number of aryl methyl sites for hydroxylation is 2. The van der Waals surface area contributed by atoms with Crippen LogP contribution in [0.5, 0.6) is 0 Å². The van der Waals surface area contributed by atoms with Crippen LogP contribution in [0, 0.1) is 6.92 Å². The highest BCUT2D eigenvalue weighted by atomic mass is 16.5. The number of H-pyrrole nitrogens is 1. The summed E-state index contributed by atoms with van der Waals surface area (Å²) in [4.78, 5) is 29.9. The van der Waals surface area contributed by atoms with Crippen molar-refractivity contribution in [2.45, 2.75) is 26.4 Å². The predicted molar refractivity (Wildman–Crippen MR) is 129 cm³/mol. The number of benzene rings is 1. The van der Waals surface area contributed by atoms with Gasteiger partial charge in [-0.3, -0.25) is 14.6 Å². The van der Waals surface area contributed by atoms with E-state index in [2.05, 4.69) is 40.8 Å². The smallest absolute Gasteiger partial charge is 0.273 e. The standard InChI is InChI=1S/C23H23N9O3/c1-3-32-20-15(21(34)30-32)9-10-18(27-20)28-23-24-11-16(22-25-13(2)31-35-22)19(29-23)26-17(12-33)14-7-5-4-6-8-14/h4-11,17,33H,3,12H2,1-2H3,(H,30,34)(H2,24,26,27,28,29)/t17-/m1/s1. The van der Waals surface area contributed by atoms with Crippen LogP contribution in [-0.4, -0.2) is 46.6 Å². The first-order valence-corrected chi connectivity index (χ1v) is 11.0. The maximum atomic E-state index is 12.1. The highest BCUT2D eigenvalue weighted by molar-refractivity contribution is 5.77. The maximum absolute atomic E-state index is 12.1. The summed E-state index contributed by atoms with van der Waals surface area (Å²) in [5, 5.41) is 23.5. The van der Waals surface area contributed by atoms with Gasteiger partial charge in [-0.1, -0.05) is 35.5 Å². The monoisotopic (exact) mass is 473 g/mol. The van der Waals surface area contributed by atoms with E-state index >= 15 is 0 Å². The van der Waals surface area contributed by atoms with Crippen LogP contribution in [0.3, 0.4) is 0 Å². The number of anilines is 3. The number of aromatic amines is 1. The van der Waals surface area contributed by atoms with Crippen molar-refractivity contribution in [2.75, 3.05) is 17.2 Å². The van der Waals surface area contributed by atoms with E-state index in [-0.39, 0.29) is 24.0 Å². The first kappa shape index (κ1) is 22.2. The molecule has 12 heteroatoms. The van der Waals surface area contributed by atoms with Gasteiger partial charge < -0.3 is 20.3 Å². The number of hydrogen-bond donors (Lipinski definition) is 4. The van der Waals surface area contributed by atoms with Gasteiger partial charge >= 0.3 is 0 Å². The van der Waals surface area contributed by atoms with Crippen molar-refractivity contribution in [2.24, 2.45) is 0 Å². The molecule has 0 aliphatic heterocycles. The van der Waals surface area contributed by atoms with Crippen LogP contribution in [0.25, 0.3) is 22.5 Å². The van der Waals surface area contributed by atoms with Gasteiger partial charge in [0.15, 0.2) is 11.5 Å².